The molecule has 0 amide bonds. The average Bonchev–Trinajstić information content (AvgIpc) is 3.06. The lowest BCUT2D eigenvalue weighted by atomic mass is 10.0. The molecule has 2 aromatic rings. The number of fused-ring (bicyclic) bond motifs is 1. The van der Waals surface area contributed by atoms with Crippen molar-refractivity contribution in [3.05, 3.63) is 48.0 Å². The van der Waals surface area contributed by atoms with Crippen LogP contribution in [0.4, 0.5) is 0 Å². The molecule has 2 aromatic carbocycles. The van der Waals surface area contributed by atoms with Crippen molar-refractivity contribution in [3.63, 3.8) is 0 Å². The van der Waals surface area contributed by atoms with Crippen molar-refractivity contribution in [3.8, 4) is 17.2 Å². The van der Waals surface area contributed by atoms with Gasteiger partial charge in [-0.3, -0.25) is 0 Å². The number of benzene rings is 2. The van der Waals surface area contributed by atoms with Crippen molar-refractivity contribution in [2.45, 2.75) is 37.7 Å². The summed E-state index contributed by atoms with van der Waals surface area (Å²) in [6.07, 6.45) is 0.792. The van der Waals surface area contributed by atoms with Gasteiger partial charge in [-0.2, -0.15) is 0 Å². The van der Waals surface area contributed by atoms with Crippen LogP contribution in [0.25, 0.3) is 0 Å². The number of rotatable bonds is 11. The Balaban J connectivity index is 1.49. The van der Waals surface area contributed by atoms with E-state index in [0.717, 1.165) is 12.0 Å². The van der Waals surface area contributed by atoms with Crippen LogP contribution in [0.2, 0.25) is 0 Å². The van der Waals surface area contributed by atoms with Crippen LogP contribution in [0.5, 0.6) is 17.2 Å². The van der Waals surface area contributed by atoms with Crippen LogP contribution in [0.15, 0.2) is 47.4 Å². The first kappa shape index (κ1) is 24.3. The van der Waals surface area contributed by atoms with Gasteiger partial charge in [-0.05, 0) is 44.2 Å². The first-order valence-corrected chi connectivity index (χ1v) is 13.7. The summed E-state index contributed by atoms with van der Waals surface area (Å²) >= 11 is 0. The van der Waals surface area contributed by atoms with Crippen LogP contribution in [0.1, 0.15) is 26.3 Å². The number of para-hydroxylation sites is 1. The monoisotopic (exact) mass is 483 g/mol. The Kier molecular flexibility index (Phi) is 7.36. The summed E-state index contributed by atoms with van der Waals surface area (Å²) in [4.78, 5) is 0.0803. The fourth-order valence-corrected chi connectivity index (χ4v) is 4.91. The van der Waals surface area contributed by atoms with Crippen LogP contribution in [-0.4, -0.2) is 53.7 Å². The molecule has 0 atom stereocenters. The van der Waals surface area contributed by atoms with E-state index in [4.69, 9.17) is 14.2 Å². The average molecular weight is 484 g/mol. The zero-order valence-electron chi connectivity index (χ0n) is 18.5. The maximum Gasteiger partial charge on any atom is 0.240 e. The molecule has 8 nitrogen and oxygen atoms in total. The highest BCUT2D eigenvalue weighted by atomic mass is 32.2. The van der Waals surface area contributed by atoms with Crippen LogP contribution >= 0.6 is 0 Å². The normalized spacial score (nSPS) is 15.1. The summed E-state index contributed by atoms with van der Waals surface area (Å²) in [5.41, 5.74) is 0.784. The number of sulfone groups is 1. The molecule has 0 spiro atoms. The molecule has 1 heterocycles. The molecule has 0 aromatic heterocycles. The van der Waals surface area contributed by atoms with Gasteiger partial charge in [0.2, 0.25) is 10.0 Å². The van der Waals surface area contributed by atoms with E-state index in [0.29, 0.717) is 17.2 Å². The molecular weight excluding hydrogens is 454 g/mol. The Labute approximate surface area is 189 Å². The number of ether oxygens (including phenoxy) is 3. The van der Waals surface area contributed by atoms with Crippen molar-refractivity contribution < 1.29 is 31.0 Å². The van der Waals surface area contributed by atoms with E-state index in [1.165, 1.54) is 24.3 Å². The third-order valence-electron chi connectivity index (χ3n) is 4.94. The standard InChI is InChI=1S/C22H29NO7S2/c1-4-31(24,25)15-14-28-18-8-10-19(11-9-18)32(26,27)23-12-13-29-20-7-5-6-17-16-22(2,3)30-21(17)20/h5-11,23H,4,12-16H2,1-3H3. The minimum atomic E-state index is -3.72. The van der Waals surface area contributed by atoms with Crippen LogP contribution in [0, 0.1) is 0 Å². The predicted molar refractivity (Wildman–Crippen MR) is 122 cm³/mol. The van der Waals surface area contributed by atoms with Gasteiger partial charge in [0.1, 0.15) is 24.6 Å². The fourth-order valence-electron chi connectivity index (χ4n) is 3.27. The molecule has 176 valence electrons. The second-order valence-electron chi connectivity index (χ2n) is 8.09. The molecule has 3 rings (SSSR count). The van der Waals surface area contributed by atoms with Gasteiger partial charge < -0.3 is 14.2 Å². The molecule has 0 bridgehead atoms. The predicted octanol–water partition coefficient (Wildman–Crippen LogP) is 2.57. The molecule has 0 aliphatic carbocycles. The summed E-state index contributed by atoms with van der Waals surface area (Å²) in [5.74, 6) is 1.68. The van der Waals surface area contributed by atoms with Gasteiger partial charge in [-0.15, -0.1) is 0 Å². The first-order chi connectivity index (χ1) is 15.0. The lowest BCUT2D eigenvalue weighted by molar-refractivity contribution is 0.132. The second-order valence-corrected chi connectivity index (χ2v) is 12.3. The molecule has 32 heavy (non-hydrogen) atoms. The smallest absolute Gasteiger partial charge is 0.240 e. The molecule has 1 aliphatic rings. The Morgan fingerprint density at radius 2 is 1.72 bits per heavy atom. The van der Waals surface area contributed by atoms with E-state index >= 15 is 0 Å². The van der Waals surface area contributed by atoms with Gasteiger partial charge in [-0.25, -0.2) is 21.6 Å². The molecule has 0 saturated carbocycles. The summed E-state index contributed by atoms with van der Waals surface area (Å²) in [6.45, 7) is 5.84. The highest BCUT2D eigenvalue weighted by Gasteiger charge is 2.32. The van der Waals surface area contributed by atoms with Gasteiger partial charge >= 0.3 is 0 Å². The largest absolute Gasteiger partial charge is 0.493 e. The van der Waals surface area contributed by atoms with E-state index < -0.39 is 19.9 Å². The van der Waals surface area contributed by atoms with Gasteiger partial charge in [0.25, 0.3) is 0 Å². The van der Waals surface area contributed by atoms with Crippen molar-refractivity contribution >= 4 is 19.9 Å². The van der Waals surface area contributed by atoms with Gasteiger partial charge in [-0.1, -0.05) is 19.1 Å². The molecule has 1 N–H and O–H groups in total. The molecule has 0 saturated heterocycles. The van der Waals surface area contributed by atoms with E-state index in [1.54, 1.807) is 13.0 Å². The summed E-state index contributed by atoms with van der Waals surface area (Å²) < 4.78 is 67.6. The molecular formula is C22H29NO7S2. The minimum Gasteiger partial charge on any atom is -0.493 e. The second kappa shape index (κ2) is 9.68. The maximum absolute atomic E-state index is 12.5. The van der Waals surface area contributed by atoms with Crippen LogP contribution < -0.4 is 18.9 Å². The SMILES string of the molecule is CCS(=O)(=O)CCOc1ccc(S(=O)(=O)NCCOc2cccc3c2OC(C)(C)C3)cc1. The topological polar surface area (TPSA) is 108 Å². The highest BCUT2D eigenvalue weighted by molar-refractivity contribution is 7.91. The van der Waals surface area contributed by atoms with Crippen molar-refractivity contribution in [2.24, 2.45) is 0 Å². The number of hydrogen-bond donors (Lipinski definition) is 1. The lowest BCUT2D eigenvalue weighted by Gasteiger charge is -2.18. The van der Waals surface area contributed by atoms with E-state index in [-0.39, 0.29) is 41.8 Å². The Morgan fingerprint density at radius 1 is 1.00 bits per heavy atom. The number of nitrogens with one attached hydrogen (secondary N) is 1. The fraction of sp³-hybridized carbons (Fsp3) is 0.455. The number of sulfonamides is 1. The van der Waals surface area contributed by atoms with E-state index in [9.17, 15) is 16.8 Å². The van der Waals surface area contributed by atoms with Gasteiger partial charge in [0.05, 0.1) is 10.6 Å². The van der Waals surface area contributed by atoms with Crippen LogP contribution in [-0.2, 0) is 26.3 Å². The lowest BCUT2D eigenvalue weighted by Crippen LogP contribution is -2.28. The first-order valence-electron chi connectivity index (χ1n) is 10.4. The summed E-state index contributed by atoms with van der Waals surface area (Å²) in [7, 11) is -6.84. The maximum atomic E-state index is 12.5. The minimum absolute atomic E-state index is 0.0158. The van der Waals surface area contributed by atoms with Crippen molar-refractivity contribution in [2.75, 3.05) is 31.3 Å². The molecule has 10 heteroatoms. The van der Waals surface area contributed by atoms with E-state index in [2.05, 4.69) is 4.72 Å². The van der Waals surface area contributed by atoms with Crippen molar-refractivity contribution in [1.82, 2.24) is 4.72 Å². The molecule has 0 fully saturated rings. The third kappa shape index (κ3) is 6.36. The van der Waals surface area contributed by atoms with Crippen molar-refractivity contribution in [1.29, 1.82) is 0 Å². The Bertz CT molecular complexity index is 1140. The highest BCUT2D eigenvalue weighted by Crippen LogP contribution is 2.41. The quantitative estimate of drug-likeness (QED) is 0.490. The zero-order valence-corrected chi connectivity index (χ0v) is 20.1. The van der Waals surface area contributed by atoms with Crippen LogP contribution in [0.3, 0.4) is 0 Å². The summed E-state index contributed by atoms with van der Waals surface area (Å²) in [6, 6.07) is 11.5. The molecule has 1 aliphatic heterocycles. The van der Waals surface area contributed by atoms with Gasteiger partial charge in [0.15, 0.2) is 21.3 Å². The van der Waals surface area contributed by atoms with E-state index in [1.807, 2.05) is 26.0 Å². The Morgan fingerprint density at radius 3 is 2.41 bits per heavy atom. The summed E-state index contributed by atoms with van der Waals surface area (Å²) in [5, 5.41) is 0. The Hall–Kier alpha value is -2.30. The molecule has 0 radical (unpaired) electrons. The number of hydrogen-bond acceptors (Lipinski definition) is 7. The molecule has 0 unspecified atom stereocenters. The zero-order chi connectivity index (χ0) is 23.4. The third-order valence-corrected chi connectivity index (χ3v) is 8.09. The van der Waals surface area contributed by atoms with Gasteiger partial charge in [0, 0.05) is 24.3 Å².